The van der Waals surface area contributed by atoms with Gasteiger partial charge < -0.3 is 9.30 Å². The smallest absolute Gasteiger partial charge is 0.283 e. The van der Waals surface area contributed by atoms with Crippen LogP contribution < -0.4 is 4.74 Å². The zero-order valence-corrected chi connectivity index (χ0v) is 20.1. The lowest BCUT2D eigenvalue weighted by Gasteiger charge is -2.26. The van der Waals surface area contributed by atoms with Crippen LogP contribution in [0.15, 0.2) is 107 Å². The number of aromatic nitrogens is 1. The molecule has 0 spiro atoms. The van der Waals surface area contributed by atoms with E-state index in [1.165, 1.54) is 11.8 Å². The summed E-state index contributed by atoms with van der Waals surface area (Å²) >= 11 is 1.37. The third kappa shape index (κ3) is 4.03. The minimum absolute atomic E-state index is 0.134. The van der Waals surface area contributed by atoms with E-state index in [2.05, 4.69) is 15.6 Å². The molecule has 0 bridgehead atoms. The van der Waals surface area contributed by atoms with Crippen molar-refractivity contribution < 1.29 is 9.53 Å². The number of amidine groups is 2. The summed E-state index contributed by atoms with van der Waals surface area (Å²) in [6.07, 6.45) is 3.80. The Bertz CT molecular complexity index is 1570. The molecule has 3 heterocycles. The van der Waals surface area contributed by atoms with Gasteiger partial charge in [-0.1, -0.05) is 78.5 Å². The third-order valence-electron chi connectivity index (χ3n) is 6.15. The molecule has 1 amide bonds. The fourth-order valence-corrected chi connectivity index (χ4v) is 5.31. The van der Waals surface area contributed by atoms with E-state index in [1.807, 2.05) is 90.5 Å². The minimum atomic E-state index is -0.397. The monoisotopic (exact) mass is 490 g/mol. The number of ether oxygens (including phenoxy) is 1. The number of fused-ring (bicyclic) bond motifs is 2. The summed E-state index contributed by atoms with van der Waals surface area (Å²) < 4.78 is 8.02. The van der Waals surface area contributed by atoms with Gasteiger partial charge in [0.05, 0.1) is 17.8 Å². The zero-order valence-electron chi connectivity index (χ0n) is 19.3. The molecule has 2 aliphatic rings. The number of nitrogens with one attached hydrogen (secondary N) is 1. The Balaban J connectivity index is 1.32. The summed E-state index contributed by atoms with van der Waals surface area (Å²) in [6, 6.07) is 27.7. The zero-order chi connectivity index (χ0) is 24.5. The van der Waals surface area contributed by atoms with E-state index in [9.17, 15) is 4.79 Å². The molecule has 1 aromatic heterocycles. The first kappa shape index (κ1) is 22.1. The van der Waals surface area contributed by atoms with Gasteiger partial charge in [0, 0.05) is 28.1 Å². The molecular formula is C29H22N4O2S. The van der Waals surface area contributed by atoms with Gasteiger partial charge in [-0.15, -0.1) is 0 Å². The van der Waals surface area contributed by atoms with Crippen LogP contribution in [-0.4, -0.2) is 33.0 Å². The molecule has 3 aromatic carbocycles. The highest BCUT2D eigenvalue weighted by Crippen LogP contribution is 2.37. The van der Waals surface area contributed by atoms with Crippen molar-refractivity contribution in [3.8, 4) is 5.75 Å². The summed E-state index contributed by atoms with van der Waals surface area (Å²) in [4.78, 5) is 19.0. The maximum atomic E-state index is 13.0. The summed E-state index contributed by atoms with van der Waals surface area (Å²) in [5, 5.41) is 12.4. The standard InChI is InChI=1S/C29H22N4O2S/c30-27-24(28(34)31-29-33(27)26(19-36-29)20-9-3-1-4-10-20)17-21-18-32(25-14-8-7-13-23(21)25)15-16-35-22-11-5-2-6-12-22/h1-14,17-19,30H,15-16H2/b24-17-,30-27?. The summed E-state index contributed by atoms with van der Waals surface area (Å²) in [5.41, 5.74) is 4.01. The van der Waals surface area contributed by atoms with Gasteiger partial charge >= 0.3 is 0 Å². The Hall–Kier alpha value is -4.36. The summed E-state index contributed by atoms with van der Waals surface area (Å²) in [5.74, 6) is 0.567. The maximum Gasteiger partial charge on any atom is 0.283 e. The number of nitrogens with zero attached hydrogens (tertiary/aromatic N) is 3. The molecule has 0 unspecified atom stereocenters. The molecule has 6 rings (SSSR count). The van der Waals surface area contributed by atoms with Gasteiger partial charge in [0.15, 0.2) is 5.17 Å². The Morgan fingerprint density at radius 2 is 1.67 bits per heavy atom. The van der Waals surface area contributed by atoms with Gasteiger partial charge in [0.2, 0.25) is 0 Å². The van der Waals surface area contributed by atoms with Crippen molar-refractivity contribution in [3.63, 3.8) is 0 Å². The predicted molar refractivity (Wildman–Crippen MR) is 146 cm³/mol. The van der Waals surface area contributed by atoms with Crippen LogP contribution in [0.3, 0.4) is 0 Å². The summed E-state index contributed by atoms with van der Waals surface area (Å²) in [7, 11) is 0. The van der Waals surface area contributed by atoms with E-state index < -0.39 is 5.91 Å². The lowest BCUT2D eigenvalue weighted by atomic mass is 10.1. The van der Waals surface area contributed by atoms with E-state index >= 15 is 0 Å². The largest absolute Gasteiger partial charge is 0.492 e. The Kier molecular flexibility index (Phi) is 5.75. The highest BCUT2D eigenvalue weighted by atomic mass is 32.2. The fourth-order valence-electron chi connectivity index (χ4n) is 4.42. The Morgan fingerprint density at radius 3 is 2.47 bits per heavy atom. The number of para-hydroxylation sites is 2. The van der Waals surface area contributed by atoms with Crippen LogP contribution in [0.2, 0.25) is 0 Å². The first-order valence-electron chi connectivity index (χ1n) is 11.6. The lowest BCUT2D eigenvalue weighted by molar-refractivity contribution is -0.114. The normalized spacial score (nSPS) is 16.3. The molecular weight excluding hydrogens is 468 g/mol. The maximum absolute atomic E-state index is 13.0. The third-order valence-corrected chi connectivity index (χ3v) is 6.97. The van der Waals surface area contributed by atoms with E-state index in [1.54, 1.807) is 11.0 Å². The quantitative estimate of drug-likeness (QED) is 0.335. The fraction of sp³-hybridized carbons (Fsp3) is 0.0690. The van der Waals surface area contributed by atoms with Crippen LogP contribution in [0.5, 0.6) is 5.75 Å². The topological polar surface area (TPSA) is 70.7 Å². The molecule has 0 atom stereocenters. The van der Waals surface area contributed by atoms with Crippen LogP contribution in [0.4, 0.5) is 0 Å². The highest BCUT2D eigenvalue weighted by Gasteiger charge is 2.36. The van der Waals surface area contributed by atoms with Gasteiger partial charge in [-0.2, -0.15) is 4.99 Å². The number of benzene rings is 3. The summed E-state index contributed by atoms with van der Waals surface area (Å²) in [6.45, 7) is 1.16. The molecule has 1 N–H and O–H groups in total. The second-order valence-corrected chi connectivity index (χ2v) is 9.22. The first-order valence-corrected chi connectivity index (χ1v) is 12.5. The SMILES string of the molecule is N=C1/C(=C/c2cn(CCOc3ccccc3)c3ccccc23)C(=O)N=C2SC=C(c3ccccc3)N12. The van der Waals surface area contributed by atoms with Crippen molar-refractivity contribution in [2.45, 2.75) is 6.54 Å². The van der Waals surface area contributed by atoms with E-state index in [4.69, 9.17) is 10.1 Å². The Morgan fingerprint density at radius 1 is 0.944 bits per heavy atom. The number of hydrogen-bond acceptors (Lipinski definition) is 4. The number of carbonyl (C=O) groups excluding carboxylic acids is 1. The number of amides is 1. The van der Waals surface area contributed by atoms with Gasteiger partial charge in [-0.05, 0) is 29.8 Å². The molecule has 0 radical (unpaired) electrons. The van der Waals surface area contributed by atoms with Crippen LogP contribution in [0.25, 0.3) is 22.7 Å². The van der Waals surface area contributed by atoms with Crippen molar-refractivity contribution in [3.05, 3.63) is 113 Å². The highest BCUT2D eigenvalue weighted by molar-refractivity contribution is 8.17. The number of carbonyl (C=O) groups is 1. The molecule has 4 aromatic rings. The molecule has 0 aliphatic carbocycles. The van der Waals surface area contributed by atoms with Gasteiger partial charge in [-0.25, -0.2) is 0 Å². The van der Waals surface area contributed by atoms with E-state index in [0.717, 1.165) is 33.5 Å². The first-order chi connectivity index (χ1) is 17.7. The molecule has 0 saturated heterocycles. The average Bonchev–Trinajstić information content (AvgIpc) is 3.49. The lowest BCUT2D eigenvalue weighted by Crippen LogP contribution is -2.38. The van der Waals surface area contributed by atoms with Gasteiger partial charge in [0.25, 0.3) is 5.91 Å². The second-order valence-electron chi connectivity index (χ2n) is 8.39. The average molecular weight is 491 g/mol. The van der Waals surface area contributed by atoms with Gasteiger partial charge in [-0.3, -0.25) is 15.1 Å². The number of hydrogen-bond donors (Lipinski definition) is 1. The molecule has 176 valence electrons. The van der Waals surface area contributed by atoms with Crippen LogP contribution in [-0.2, 0) is 11.3 Å². The van der Waals surface area contributed by atoms with E-state index in [-0.39, 0.29) is 11.4 Å². The second kappa shape index (κ2) is 9.36. The van der Waals surface area contributed by atoms with Crippen LogP contribution >= 0.6 is 11.8 Å². The number of thioether (sulfide) groups is 1. The van der Waals surface area contributed by atoms with Crippen molar-refractivity contribution >= 4 is 51.3 Å². The Labute approximate surface area is 212 Å². The van der Waals surface area contributed by atoms with Crippen molar-refractivity contribution in [1.82, 2.24) is 9.47 Å². The molecule has 0 fully saturated rings. The van der Waals surface area contributed by atoms with Crippen LogP contribution in [0, 0.1) is 5.41 Å². The predicted octanol–water partition coefficient (Wildman–Crippen LogP) is 6.02. The molecule has 6 nitrogen and oxygen atoms in total. The number of rotatable bonds is 6. The molecule has 7 heteroatoms. The van der Waals surface area contributed by atoms with Gasteiger partial charge in [0.1, 0.15) is 18.2 Å². The van der Waals surface area contributed by atoms with Crippen LogP contribution in [0.1, 0.15) is 11.1 Å². The molecule has 2 aliphatic heterocycles. The minimum Gasteiger partial charge on any atom is -0.492 e. The number of aliphatic imine (C=N–C) groups is 1. The molecule has 36 heavy (non-hydrogen) atoms. The van der Waals surface area contributed by atoms with Crippen molar-refractivity contribution in [2.75, 3.05) is 6.61 Å². The molecule has 0 saturated carbocycles. The van der Waals surface area contributed by atoms with E-state index in [0.29, 0.717) is 18.3 Å². The van der Waals surface area contributed by atoms with Crippen molar-refractivity contribution in [2.24, 2.45) is 4.99 Å². The van der Waals surface area contributed by atoms with Crippen molar-refractivity contribution in [1.29, 1.82) is 5.41 Å².